The third-order valence-corrected chi connectivity index (χ3v) is 5.12. The van der Waals surface area contributed by atoms with Crippen molar-refractivity contribution in [2.24, 2.45) is 0 Å². The van der Waals surface area contributed by atoms with Crippen LogP contribution in [0.15, 0.2) is 36.7 Å². The minimum atomic E-state index is -1.66. The first-order chi connectivity index (χ1) is 12.9. The number of pyridine rings is 1. The van der Waals surface area contributed by atoms with Crippen LogP contribution in [0.3, 0.4) is 0 Å². The zero-order valence-electron chi connectivity index (χ0n) is 15.3. The summed E-state index contributed by atoms with van der Waals surface area (Å²) in [5, 5.41) is 0.655. The number of anilines is 1. The molecule has 0 amide bonds. The summed E-state index contributed by atoms with van der Waals surface area (Å²) in [6.07, 6.45) is 4.07. The predicted octanol–water partition coefficient (Wildman–Crippen LogP) is 3.48. The van der Waals surface area contributed by atoms with E-state index in [2.05, 4.69) is 19.4 Å². The van der Waals surface area contributed by atoms with E-state index in [4.69, 9.17) is 0 Å². The molecule has 2 heterocycles. The first-order valence-corrected chi connectivity index (χ1v) is 9.79. The molecule has 1 unspecified atom stereocenters. The van der Waals surface area contributed by atoms with Gasteiger partial charge in [0.15, 0.2) is 22.8 Å². The fraction of sp³-hybridized carbons (Fsp3) is 0.263. The van der Waals surface area contributed by atoms with Gasteiger partial charge in [-0.1, -0.05) is 13.0 Å². The number of aromatic amines is 1. The Kier molecular flexibility index (Phi) is 5.67. The Bertz CT molecular complexity index is 1020. The van der Waals surface area contributed by atoms with Gasteiger partial charge in [-0.05, 0) is 44.0 Å². The lowest BCUT2D eigenvalue weighted by molar-refractivity contribution is 0.103. The monoisotopic (exact) mass is 388 g/mol. The Morgan fingerprint density at radius 2 is 2.11 bits per heavy atom. The van der Waals surface area contributed by atoms with Gasteiger partial charge < -0.3 is 4.98 Å². The van der Waals surface area contributed by atoms with Crippen molar-refractivity contribution >= 4 is 33.7 Å². The molecule has 1 atom stereocenters. The molecule has 2 aromatic heterocycles. The lowest BCUT2D eigenvalue weighted by Crippen LogP contribution is -2.30. The minimum Gasteiger partial charge on any atom is -0.345 e. The van der Waals surface area contributed by atoms with Crippen LogP contribution in [0.2, 0.25) is 0 Å². The summed E-state index contributed by atoms with van der Waals surface area (Å²) in [7, 11) is 0. The number of hydrogen-bond donors (Lipinski definition) is 3. The second-order valence-corrected chi connectivity index (χ2v) is 7.41. The van der Waals surface area contributed by atoms with Crippen LogP contribution in [-0.4, -0.2) is 26.0 Å². The molecule has 0 bridgehead atoms. The van der Waals surface area contributed by atoms with Crippen molar-refractivity contribution in [3.05, 3.63) is 59.2 Å². The molecule has 142 valence electrons. The maximum absolute atomic E-state index is 14.9. The number of carbonyl (C=O) groups excluding carboxylic acids is 1. The Morgan fingerprint density at radius 3 is 2.81 bits per heavy atom. The summed E-state index contributed by atoms with van der Waals surface area (Å²) in [5.74, 6) is -1.20. The molecule has 0 fully saturated rings. The number of nitrogens with zero attached hydrogens (tertiary/aromatic N) is 1. The van der Waals surface area contributed by atoms with Gasteiger partial charge in [-0.2, -0.15) is 0 Å². The normalized spacial score (nSPS) is 12.5. The molecule has 27 heavy (non-hydrogen) atoms. The minimum absolute atomic E-state index is 0.000420. The van der Waals surface area contributed by atoms with Gasteiger partial charge in [0.05, 0.1) is 11.3 Å². The number of aryl methyl sites for hydroxylation is 1. The second-order valence-electron chi connectivity index (χ2n) is 6.44. The second kappa shape index (κ2) is 7.98. The fourth-order valence-electron chi connectivity index (χ4n) is 2.70. The molecule has 0 aliphatic rings. The fourth-order valence-corrected chi connectivity index (χ4v) is 3.55. The van der Waals surface area contributed by atoms with Crippen LogP contribution < -0.4 is 9.44 Å². The summed E-state index contributed by atoms with van der Waals surface area (Å²) in [6, 6.07) is 6.25. The van der Waals surface area contributed by atoms with Crippen LogP contribution in [0, 0.1) is 5.82 Å². The molecule has 3 rings (SSSR count). The largest absolute Gasteiger partial charge is 0.345 e. The number of ketones is 1. The molecule has 0 radical (unpaired) electrons. The summed E-state index contributed by atoms with van der Waals surface area (Å²) in [4.78, 5) is 20.2. The Balaban J connectivity index is 1.96. The summed E-state index contributed by atoms with van der Waals surface area (Å²) < 4.78 is 32.1. The van der Waals surface area contributed by atoms with Gasteiger partial charge in [-0.15, -0.1) is 0 Å². The van der Waals surface area contributed by atoms with Gasteiger partial charge >= 0.3 is 0 Å². The highest BCUT2D eigenvalue weighted by Gasteiger charge is 2.21. The molecule has 3 aromatic rings. The van der Waals surface area contributed by atoms with Crippen molar-refractivity contribution in [1.82, 2.24) is 14.7 Å². The van der Waals surface area contributed by atoms with Gasteiger partial charge in [0.2, 0.25) is 0 Å². The van der Waals surface area contributed by atoms with Crippen LogP contribution in [0.1, 0.15) is 42.3 Å². The highest BCUT2D eigenvalue weighted by atomic mass is 32.2. The Labute approximate surface area is 159 Å². The van der Waals surface area contributed by atoms with Crippen LogP contribution in [-0.2, 0) is 17.6 Å². The average Bonchev–Trinajstić information content (AvgIpc) is 3.05. The quantitative estimate of drug-likeness (QED) is 0.542. The number of rotatable bonds is 7. The molecule has 0 spiro atoms. The summed E-state index contributed by atoms with van der Waals surface area (Å²) >= 11 is -1.66. The van der Waals surface area contributed by atoms with Crippen molar-refractivity contribution in [3.63, 3.8) is 0 Å². The number of fused-ring (bicyclic) bond motifs is 1. The van der Waals surface area contributed by atoms with Crippen molar-refractivity contribution < 1.29 is 13.4 Å². The molecule has 3 N–H and O–H groups in total. The van der Waals surface area contributed by atoms with E-state index in [0.717, 1.165) is 12.0 Å². The van der Waals surface area contributed by atoms with E-state index in [0.29, 0.717) is 16.6 Å². The van der Waals surface area contributed by atoms with Gasteiger partial charge in [0, 0.05) is 29.4 Å². The van der Waals surface area contributed by atoms with Gasteiger partial charge in [0.1, 0.15) is 5.65 Å². The molecule has 0 saturated carbocycles. The molecule has 0 saturated heterocycles. The molecule has 0 aliphatic carbocycles. The lowest BCUT2D eigenvalue weighted by atomic mass is 10.0. The van der Waals surface area contributed by atoms with Gasteiger partial charge in [0.25, 0.3) is 0 Å². The van der Waals surface area contributed by atoms with E-state index in [1.807, 2.05) is 26.8 Å². The van der Waals surface area contributed by atoms with Gasteiger partial charge in [-0.3, -0.25) is 9.52 Å². The summed E-state index contributed by atoms with van der Waals surface area (Å²) in [6.45, 7) is 5.65. The van der Waals surface area contributed by atoms with E-state index in [1.165, 1.54) is 18.3 Å². The molecule has 1 aromatic carbocycles. The van der Waals surface area contributed by atoms with Gasteiger partial charge in [-0.25, -0.2) is 18.3 Å². The maximum Gasteiger partial charge on any atom is 0.198 e. The molecular formula is C19H21FN4O2S. The van der Waals surface area contributed by atoms with Crippen LogP contribution >= 0.6 is 0 Å². The third kappa shape index (κ3) is 4.06. The first-order valence-electron chi connectivity index (χ1n) is 8.64. The number of aromatic nitrogens is 2. The van der Waals surface area contributed by atoms with E-state index in [9.17, 15) is 13.4 Å². The van der Waals surface area contributed by atoms with Crippen LogP contribution in [0.5, 0.6) is 0 Å². The van der Waals surface area contributed by atoms with Crippen LogP contribution in [0.4, 0.5) is 10.1 Å². The van der Waals surface area contributed by atoms with E-state index < -0.39 is 22.8 Å². The highest BCUT2D eigenvalue weighted by Crippen LogP contribution is 2.25. The standard InChI is InChI=1S/C19H21FN4O2S/c1-4-12-8-14-15(10-22-19(14)21-9-12)18(25)13-6-5-7-16(17(13)20)24-27(26)23-11(2)3/h5-11,23-24H,4H2,1-3H3,(H,21,22). The topological polar surface area (TPSA) is 86.9 Å². The first kappa shape index (κ1) is 19.2. The van der Waals surface area contributed by atoms with Crippen molar-refractivity contribution in [1.29, 1.82) is 0 Å². The molecule has 8 heteroatoms. The maximum atomic E-state index is 14.9. The smallest absolute Gasteiger partial charge is 0.198 e. The van der Waals surface area contributed by atoms with Crippen molar-refractivity contribution in [2.45, 2.75) is 33.2 Å². The lowest BCUT2D eigenvalue weighted by Gasteiger charge is -2.12. The Morgan fingerprint density at radius 1 is 1.33 bits per heavy atom. The van der Waals surface area contributed by atoms with Crippen molar-refractivity contribution in [2.75, 3.05) is 4.72 Å². The zero-order chi connectivity index (χ0) is 19.6. The van der Waals surface area contributed by atoms with E-state index in [1.54, 1.807) is 12.3 Å². The van der Waals surface area contributed by atoms with E-state index >= 15 is 0 Å². The van der Waals surface area contributed by atoms with Crippen molar-refractivity contribution in [3.8, 4) is 0 Å². The predicted molar refractivity (Wildman–Crippen MR) is 105 cm³/mol. The van der Waals surface area contributed by atoms with E-state index in [-0.39, 0.29) is 17.3 Å². The zero-order valence-corrected chi connectivity index (χ0v) is 16.1. The SMILES string of the molecule is CCc1cnc2[nH]cc(C(=O)c3cccc(NS(=O)NC(C)C)c3F)c2c1. The highest BCUT2D eigenvalue weighted by molar-refractivity contribution is 7.84. The molecule has 0 aliphatic heterocycles. The molecule has 6 nitrogen and oxygen atoms in total. The van der Waals surface area contributed by atoms with Crippen LogP contribution in [0.25, 0.3) is 11.0 Å². The summed E-state index contributed by atoms with van der Waals surface area (Å²) in [5.41, 5.74) is 1.82. The number of hydrogen-bond acceptors (Lipinski definition) is 3. The number of nitrogens with one attached hydrogen (secondary N) is 3. The molecular weight excluding hydrogens is 367 g/mol. The third-order valence-electron chi connectivity index (χ3n) is 4.03. The number of H-pyrrole nitrogens is 1. The average molecular weight is 388 g/mol. The number of benzene rings is 1. The number of halogens is 1. The Hall–Kier alpha value is -2.58. The number of carbonyl (C=O) groups is 1.